The van der Waals surface area contributed by atoms with E-state index in [-0.39, 0.29) is 0 Å². The van der Waals surface area contributed by atoms with E-state index in [0.717, 1.165) is 0 Å². The lowest BCUT2D eigenvalue weighted by Gasteiger charge is -2.03. The molecular formula is C9H13N. The Hall–Kier alpha value is -0.950. The van der Waals surface area contributed by atoms with Crippen LogP contribution in [0.1, 0.15) is 27.7 Å². The molecule has 0 saturated carbocycles. The van der Waals surface area contributed by atoms with Crippen molar-refractivity contribution in [1.82, 2.24) is 0 Å². The van der Waals surface area contributed by atoms with Crippen LogP contribution in [0.25, 0.3) is 0 Å². The third-order valence-electron chi connectivity index (χ3n) is 0.953. The maximum Gasteiger partial charge on any atom is 0.112 e. The molecule has 0 aromatic heterocycles. The fourth-order valence-electron chi connectivity index (χ4n) is 0.353. The highest BCUT2D eigenvalue weighted by Crippen LogP contribution is 2.10. The normalized spacial score (nSPS) is 10.0. The average Bonchev–Trinajstić information content (AvgIpc) is 1.85. The van der Waals surface area contributed by atoms with E-state index >= 15 is 0 Å². The van der Waals surface area contributed by atoms with Gasteiger partial charge in [-0.2, -0.15) is 5.26 Å². The lowest BCUT2D eigenvalue weighted by molar-refractivity contribution is 0.669. The molecule has 0 spiro atoms. The molecule has 0 aromatic carbocycles. The van der Waals surface area contributed by atoms with Crippen LogP contribution in [0.5, 0.6) is 0 Å². The molecular weight excluding hydrogens is 122 g/mol. The molecule has 0 N–H and O–H groups in total. The van der Waals surface area contributed by atoms with Gasteiger partial charge in [0.25, 0.3) is 0 Å². The molecule has 0 aliphatic rings. The number of rotatable bonds is 0. The van der Waals surface area contributed by atoms with Gasteiger partial charge in [-0.25, -0.2) is 0 Å². The zero-order chi connectivity index (χ0) is 8.20. The minimum Gasteiger partial charge on any atom is -0.197 e. The largest absolute Gasteiger partial charge is 0.197 e. The third-order valence-corrected chi connectivity index (χ3v) is 0.953. The molecule has 0 atom stereocenters. The summed E-state index contributed by atoms with van der Waals surface area (Å²) in [5, 5.41) is 8.55. The van der Waals surface area contributed by atoms with Gasteiger partial charge in [0.15, 0.2) is 0 Å². The first-order valence-corrected chi connectivity index (χ1v) is 3.42. The number of hydrogen-bond acceptors (Lipinski definition) is 1. The highest BCUT2D eigenvalue weighted by atomic mass is 14.3. The summed E-state index contributed by atoms with van der Waals surface area (Å²) < 4.78 is 0. The van der Waals surface area contributed by atoms with Crippen molar-refractivity contribution in [2.24, 2.45) is 11.3 Å². The van der Waals surface area contributed by atoms with Gasteiger partial charge in [-0.05, 0) is 13.8 Å². The van der Waals surface area contributed by atoms with Gasteiger partial charge < -0.3 is 0 Å². The van der Waals surface area contributed by atoms with Gasteiger partial charge in [0, 0.05) is 5.92 Å². The van der Waals surface area contributed by atoms with Gasteiger partial charge in [-0.15, -0.1) is 0 Å². The van der Waals surface area contributed by atoms with Gasteiger partial charge >= 0.3 is 0 Å². The van der Waals surface area contributed by atoms with Crippen molar-refractivity contribution in [1.29, 1.82) is 5.26 Å². The summed E-state index contributed by atoms with van der Waals surface area (Å²) in [6.45, 7) is 7.67. The van der Waals surface area contributed by atoms with Crippen LogP contribution < -0.4 is 0 Å². The van der Waals surface area contributed by atoms with Crippen LogP contribution in [-0.4, -0.2) is 0 Å². The molecule has 0 rings (SSSR count). The number of nitrogens with zero attached hydrogens (tertiary/aromatic N) is 1. The Kier molecular flexibility index (Phi) is 2.97. The maximum absolute atomic E-state index is 8.55. The monoisotopic (exact) mass is 135 g/mol. The first kappa shape index (κ1) is 9.05. The summed E-state index contributed by atoms with van der Waals surface area (Å²) in [5.74, 6) is 6.22. The zero-order valence-electron chi connectivity index (χ0n) is 7.02. The van der Waals surface area contributed by atoms with Crippen LogP contribution in [0.2, 0.25) is 0 Å². The van der Waals surface area contributed by atoms with Crippen LogP contribution in [0.3, 0.4) is 0 Å². The highest BCUT2D eigenvalue weighted by Gasteiger charge is 2.10. The van der Waals surface area contributed by atoms with E-state index in [9.17, 15) is 0 Å². The van der Waals surface area contributed by atoms with Crippen molar-refractivity contribution in [2.45, 2.75) is 27.7 Å². The van der Waals surface area contributed by atoms with Gasteiger partial charge in [0.1, 0.15) is 5.41 Å². The Labute approximate surface area is 63.1 Å². The van der Waals surface area contributed by atoms with Crippen LogP contribution >= 0.6 is 0 Å². The molecule has 0 aliphatic carbocycles. The minimum absolute atomic E-state index is 0.354. The Bertz CT molecular complexity index is 195. The van der Waals surface area contributed by atoms with Crippen molar-refractivity contribution in [3.05, 3.63) is 0 Å². The Morgan fingerprint density at radius 3 is 2.10 bits per heavy atom. The topological polar surface area (TPSA) is 23.8 Å². The Balaban J connectivity index is 4.20. The molecule has 1 nitrogen and oxygen atoms in total. The average molecular weight is 135 g/mol. The van der Waals surface area contributed by atoms with Crippen molar-refractivity contribution in [2.75, 3.05) is 0 Å². The first-order valence-electron chi connectivity index (χ1n) is 3.42. The standard InChI is InChI=1S/C9H13N/c1-8(2)5-6-9(3,4)7-10/h8H,1-4H3. The molecule has 0 heterocycles. The second-order valence-corrected chi connectivity index (χ2v) is 3.16. The van der Waals surface area contributed by atoms with E-state index in [1.54, 1.807) is 0 Å². The molecule has 0 amide bonds. The SMILES string of the molecule is CC(C)C#CC(C)(C)C#N. The number of hydrogen-bond donors (Lipinski definition) is 0. The predicted molar refractivity (Wildman–Crippen MR) is 42.0 cm³/mol. The molecule has 0 radical (unpaired) electrons. The van der Waals surface area contributed by atoms with Gasteiger partial charge in [0.2, 0.25) is 0 Å². The van der Waals surface area contributed by atoms with Crippen molar-refractivity contribution in [3.8, 4) is 17.9 Å². The van der Waals surface area contributed by atoms with Crippen molar-refractivity contribution in [3.63, 3.8) is 0 Å². The summed E-state index contributed by atoms with van der Waals surface area (Å²) in [6, 6.07) is 2.12. The predicted octanol–water partition coefficient (Wildman–Crippen LogP) is 2.20. The van der Waals surface area contributed by atoms with E-state index in [2.05, 4.69) is 17.9 Å². The van der Waals surface area contributed by atoms with Gasteiger partial charge in [-0.3, -0.25) is 0 Å². The van der Waals surface area contributed by atoms with Gasteiger partial charge in [0.05, 0.1) is 6.07 Å². The summed E-state index contributed by atoms with van der Waals surface area (Å²) >= 11 is 0. The minimum atomic E-state index is -0.482. The van der Waals surface area contributed by atoms with E-state index in [4.69, 9.17) is 5.26 Å². The fraction of sp³-hybridized carbons (Fsp3) is 0.667. The van der Waals surface area contributed by atoms with Crippen molar-refractivity contribution < 1.29 is 0 Å². The summed E-state index contributed by atoms with van der Waals surface area (Å²) in [4.78, 5) is 0. The Morgan fingerprint density at radius 1 is 1.30 bits per heavy atom. The van der Waals surface area contributed by atoms with Crippen LogP contribution in [0.15, 0.2) is 0 Å². The molecule has 0 unspecified atom stereocenters. The Morgan fingerprint density at radius 2 is 1.80 bits per heavy atom. The molecule has 0 aliphatic heterocycles. The maximum atomic E-state index is 8.55. The summed E-state index contributed by atoms with van der Waals surface area (Å²) in [6.07, 6.45) is 0. The smallest absolute Gasteiger partial charge is 0.112 e. The second kappa shape index (κ2) is 3.28. The molecule has 0 bridgehead atoms. The zero-order valence-corrected chi connectivity index (χ0v) is 7.02. The lowest BCUT2D eigenvalue weighted by atomic mass is 9.96. The van der Waals surface area contributed by atoms with E-state index in [1.165, 1.54) is 0 Å². The number of nitriles is 1. The first-order chi connectivity index (χ1) is 4.48. The fourth-order valence-corrected chi connectivity index (χ4v) is 0.353. The van der Waals surface area contributed by atoms with Crippen LogP contribution in [-0.2, 0) is 0 Å². The van der Waals surface area contributed by atoms with E-state index in [0.29, 0.717) is 5.92 Å². The third kappa shape index (κ3) is 3.98. The summed E-state index contributed by atoms with van der Waals surface area (Å²) in [5.41, 5.74) is -0.482. The molecule has 0 saturated heterocycles. The highest BCUT2D eigenvalue weighted by molar-refractivity contribution is 5.18. The van der Waals surface area contributed by atoms with Gasteiger partial charge in [-0.1, -0.05) is 25.7 Å². The molecule has 0 aromatic rings. The van der Waals surface area contributed by atoms with Crippen molar-refractivity contribution >= 4 is 0 Å². The van der Waals surface area contributed by atoms with E-state index in [1.807, 2.05) is 27.7 Å². The molecule has 54 valence electrons. The van der Waals surface area contributed by atoms with E-state index < -0.39 is 5.41 Å². The van der Waals surface area contributed by atoms with Crippen LogP contribution in [0, 0.1) is 34.5 Å². The lowest BCUT2D eigenvalue weighted by Crippen LogP contribution is -2.03. The molecule has 1 heteroatoms. The second-order valence-electron chi connectivity index (χ2n) is 3.16. The van der Waals surface area contributed by atoms with Crippen LogP contribution in [0.4, 0.5) is 0 Å². The summed E-state index contributed by atoms with van der Waals surface area (Å²) in [7, 11) is 0. The molecule has 10 heavy (non-hydrogen) atoms. The quantitative estimate of drug-likeness (QED) is 0.467. The molecule has 0 fully saturated rings.